The van der Waals surface area contributed by atoms with Gasteiger partial charge < -0.3 is 0 Å². The molecule has 0 aromatic heterocycles. The van der Waals surface area contributed by atoms with Crippen molar-refractivity contribution >= 4 is 15.9 Å². The van der Waals surface area contributed by atoms with Crippen LogP contribution in [0.5, 0.6) is 0 Å². The van der Waals surface area contributed by atoms with Crippen LogP contribution in [0, 0.1) is 0 Å². The normalized spacial score (nSPS) is 21.9. The maximum atomic E-state index is 5.59. The van der Waals surface area contributed by atoms with Crippen LogP contribution in [0.3, 0.4) is 0 Å². The van der Waals surface area contributed by atoms with E-state index in [9.17, 15) is 0 Å². The average molecular weight is 316 g/mol. The van der Waals surface area contributed by atoms with Crippen molar-refractivity contribution < 1.29 is 4.84 Å². The van der Waals surface area contributed by atoms with Crippen molar-refractivity contribution in [2.45, 2.75) is 12.5 Å². The smallest absolute Gasteiger partial charge is 0.139 e. The third kappa shape index (κ3) is 2.44. The van der Waals surface area contributed by atoms with Crippen LogP contribution in [0.2, 0.25) is 0 Å². The predicted octanol–water partition coefficient (Wildman–Crippen LogP) is 4.34. The summed E-state index contributed by atoms with van der Waals surface area (Å²) in [5.74, 6) is 0. The second kappa shape index (κ2) is 4.83. The van der Waals surface area contributed by atoms with Crippen molar-refractivity contribution in [1.82, 2.24) is 5.48 Å². The maximum absolute atomic E-state index is 5.59. The van der Waals surface area contributed by atoms with Crippen LogP contribution in [0.15, 0.2) is 65.3 Å². The Morgan fingerprint density at radius 1 is 0.947 bits per heavy atom. The zero-order chi connectivity index (χ0) is 13.3. The highest BCUT2D eigenvalue weighted by molar-refractivity contribution is 9.11. The molecule has 1 heterocycles. The van der Waals surface area contributed by atoms with Crippen LogP contribution < -0.4 is 5.48 Å². The van der Waals surface area contributed by atoms with E-state index in [4.69, 9.17) is 4.84 Å². The molecule has 0 radical (unpaired) electrons. The van der Waals surface area contributed by atoms with E-state index >= 15 is 0 Å². The van der Waals surface area contributed by atoms with Crippen LogP contribution in [0.1, 0.15) is 12.5 Å². The number of hydrogen-bond donors (Lipinski definition) is 1. The number of rotatable bonds is 2. The third-order valence-corrected chi connectivity index (χ3v) is 3.72. The Kier molecular flexibility index (Phi) is 3.17. The molecule has 19 heavy (non-hydrogen) atoms. The Hall–Kier alpha value is -1.58. The highest BCUT2D eigenvalue weighted by atomic mass is 79.9. The first-order valence-electron chi connectivity index (χ1n) is 6.16. The quantitative estimate of drug-likeness (QED) is 0.832. The van der Waals surface area contributed by atoms with Crippen molar-refractivity contribution in [3.63, 3.8) is 0 Å². The van der Waals surface area contributed by atoms with Crippen molar-refractivity contribution in [2.24, 2.45) is 0 Å². The van der Waals surface area contributed by atoms with Gasteiger partial charge in [-0.05, 0) is 45.6 Å². The highest BCUT2D eigenvalue weighted by Gasteiger charge is 2.31. The van der Waals surface area contributed by atoms with E-state index in [0.717, 1.165) is 10.2 Å². The first kappa shape index (κ1) is 12.5. The molecule has 0 saturated carbocycles. The zero-order valence-corrected chi connectivity index (χ0v) is 12.1. The van der Waals surface area contributed by atoms with E-state index in [1.165, 1.54) is 11.1 Å². The summed E-state index contributed by atoms with van der Waals surface area (Å²) in [5.41, 5.74) is 5.96. The van der Waals surface area contributed by atoms with Crippen LogP contribution in [-0.4, -0.2) is 0 Å². The Morgan fingerprint density at radius 2 is 1.58 bits per heavy atom. The minimum absolute atomic E-state index is 0.423. The summed E-state index contributed by atoms with van der Waals surface area (Å²) in [5, 5.41) is 0. The minimum Gasteiger partial charge on any atom is -0.260 e. The van der Waals surface area contributed by atoms with Gasteiger partial charge in [0, 0.05) is 0 Å². The van der Waals surface area contributed by atoms with Gasteiger partial charge in [0.15, 0.2) is 0 Å². The van der Waals surface area contributed by atoms with Gasteiger partial charge in [-0.15, -0.1) is 0 Å². The molecule has 1 aliphatic rings. The first-order chi connectivity index (χ1) is 9.17. The van der Waals surface area contributed by atoms with Crippen LogP contribution in [-0.2, 0) is 10.4 Å². The molecule has 2 nitrogen and oxygen atoms in total. The number of hydroxylamine groups is 1. The SMILES string of the molecule is CC1(c2ccc(-c3ccccc3)cc2)C=C(Br)NO1. The molecule has 1 unspecified atom stereocenters. The lowest BCUT2D eigenvalue weighted by atomic mass is 9.94. The lowest BCUT2D eigenvalue weighted by Crippen LogP contribution is -2.22. The topological polar surface area (TPSA) is 21.3 Å². The molecule has 0 aliphatic carbocycles. The van der Waals surface area contributed by atoms with Gasteiger partial charge in [0.25, 0.3) is 0 Å². The van der Waals surface area contributed by atoms with Gasteiger partial charge in [-0.25, -0.2) is 0 Å². The molecule has 1 N–H and O–H groups in total. The van der Waals surface area contributed by atoms with E-state index in [0.29, 0.717) is 0 Å². The summed E-state index contributed by atoms with van der Waals surface area (Å²) in [6, 6.07) is 18.8. The largest absolute Gasteiger partial charge is 0.260 e. The molecule has 0 saturated heterocycles. The number of benzene rings is 2. The van der Waals surface area contributed by atoms with Crippen molar-refractivity contribution in [3.05, 3.63) is 70.8 Å². The molecule has 0 amide bonds. The minimum atomic E-state index is -0.423. The molecule has 2 aromatic carbocycles. The standard InChI is InChI=1S/C16H14BrNO/c1-16(11-15(17)18-19-16)14-9-7-13(8-10-14)12-5-3-2-4-6-12/h2-11,18H,1H3. The molecule has 2 aromatic rings. The second-order valence-corrected chi connectivity index (χ2v) is 5.60. The fourth-order valence-corrected chi connectivity index (χ4v) is 2.74. The zero-order valence-electron chi connectivity index (χ0n) is 10.6. The van der Waals surface area contributed by atoms with Gasteiger partial charge in [-0.3, -0.25) is 10.3 Å². The van der Waals surface area contributed by atoms with Gasteiger partial charge in [0.1, 0.15) is 10.2 Å². The average Bonchev–Trinajstić information content (AvgIpc) is 2.81. The van der Waals surface area contributed by atoms with Crippen LogP contribution >= 0.6 is 15.9 Å². The van der Waals surface area contributed by atoms with Gasteiger partial charge in [-0.1, -0.05) is 54.6 Å². The van der Waals surface area contributed by atoms with Crippen molar-refractivity contribution in [2.75, 3.05) is 0 Å². The summed E-state index contributed by atoms with van der Waals surface area (Å²) in [6.07, 6.45) is 2.02. The fourth-order valence-electron chi connectivity index (χ4n) is 2.22. The first-order valence-corrected chi connectivity index (χ1v) is 6.95. The van der Waals surface area contributed by atoms with Crippen LogP contribution in [0.25, 0.3) is 11.1 Å². The fraction of sp³-hybridized carbons (Fsp3) is 0.125. The van der Waals surface area contributed by atoms with Gasteiger partial charge >= 0.3 is 0 Å². The second-order valence-electron chi connectivity index (χ2n) is 4.75. The van der Waals surface area contributed by atoms with Gasteiger partial charge in [0.2, 0.25) is 0 Å². The highest BCUT2D eigenvalue weighted by Crippen LogP contribution is 2.33. The molecule has 3 heteroatoms. The molecule has 0 spiro atoms. The summed E-state index contributed by atoms with van der Waals surface area (Å²) < 4.78 is 0.863. The van der Waals surface area contributed by atoms with Crippen LogP contribution in [0.4, 0.5) is 0 Å². The molecule has 1 atom stereocenters. The lowest BCUT2D eigenvalue weighted by molar-refractivity contribution is -0.0288. The number of nitrogens with one attached hydrogen (secondary N) is 1. The molecular formula is C16H14BrNO. The predicted molar refractivity (Wildman–Crippen MR) is 80.5 cm³/mol. The summed E-state index contributed by atoms with van der Waals surface area (Å²) in [4.78, 5) is 5.59. The van der Waals surface area contributed by atoms with E-state index in [-0.39, 0.29) is 0 Å². The summed E-state index contributed by atoms with van der Waals surface area (Å²) >= 11 is 3.39. The Morgan fingerprint density at radius 3 is 2.16 bits per heavy atom. The van der Waals surface area contributed by atoms with E-state index < -0.39 is 5.60 Å². The summed E-state index contributed by atoms with van der Waals surface area (Å²) in [7, 11) is 0. The Bertz CT molecular complexity index is 606. The molecular weight excluding hydrogens is 302 g/mol. The Labute approximate surface area is 121 Å². The van der Waals surface area contributed by atoms with Gasteiger partial charge in [0.05, 0.1) is 0 Å². The van der Waals surface area contributed by atoms with Gasteiger partial charge in [-0.2, -0.15) is 0 Å². The van der Waals surface area contributed by atoms with E-state index in [2.05, 4.69) is 69.9 Å². The maximum Gasteiger partial charge on any atom is 0.139 e. The molecule has 0 bridgehead atoms. The molecule has 1 aliphatic heterocycles. The number of halogens is 1. The Balaban J connectivity index is 1.92. The molecule has 96 valence electrons. The third-order valence-electron chi connectivity index (χ3n) is 3.33. The summed E-state index contributed by atoms with van der Waals surface area (Å²) in [6.45, 7) is 2.03. The monoisotopic (exact) mass is 315 g/mol. The molecule has 0 fully saturated rings. The molecule has 3 rings (SSSR count). The van der Waals surface area contributed by atoms with Crippen molar-refractivity contribution in [1.29, 1.82) is 0 Å². The van der Waals surface area contributed by atoms with E-state index in [1.807, 2.05) is 19.1 Å². The van der Waals surface area contributed by atoms with E-state index in [1.54, 1.807) is 0 Å². The lowest BCUT2D eigenvalue weighted by Gasteiger charge is -2.20. The number of hydrogen-bond acceptors (Lipinski definition) is 2. The van der Waals surface area contributed by atoms with Crippen molar-refractivity contribution in [3.8, 4) is 11.1 Å².